The van der Waals surface area contributed by atoms with Crippen LogP contribution in [0.3, 0.4) is 0 Å². The second kappa shape index (κ2) is 10.6. The van der Waals surface area contributed by atoms with Gasteiger partial charge in [0, 0.05) is 11.1 Å². The minimum Gasteiger partial charge on any atom is -0.486 e. The number of amides is 1. The minimum absolute atomic E-state index is 0.116. The summed E-state index contributed by atoms with van der Waals surface area (Å²) in [6.07, 6.45) is 0. The topological polar surface area (TPSA) is 86.2 Å². The highest BCUT2D eigenvalue weighted by Crippen LogP contribution is 2.33. The van der Waals surface area contributed by atoms with Gasteiger partial charge in [-0.05, 0) is 24.6 Å². The Balaban J connectivity index is 1.28. The van der Waals surface area contributed by atoms with Gasteiger partial charge in [-0.2, -0.15) is 0 Å². The fourth-order valence-corrected chi connectivity index (χ4v) is 4.38. The lowest BCUT2D eigenvalue weighted by Crippen LogP contribution is -2.28. The first-order valence-electron chi connectivity index (χ1n) is 11.3. The predicted molar refractivity (Wildman–Crippen MR) is 135 cm³/mol. The summed E-state index contributed by atoms with van der Waals surface area (Å²) in [6, 6.07) is 25.3. The van der Waals surface area contributed by atoms with E-state index in [0.29, 0.717) is 29.8 Å². The van der Waals surface area contributed by atoms with E-state index in [-0.39, 0.29) is 17.7 Å². The summed E-state index contributed by atoms with van der Waals surface area (Å²) < 4.78 is 11.2. The Kier molecular flexibility index (Phi) is 6.90. The Hall–Kier alpha value is -3.91. The summed E-state index contributed by atoms with van der Waals surface area (Å²) in [5.41, 5.74) is 4.27. The van der Waals surface area contributed by atoms with Crippen LogP contribution in [0.5, 0.6) is 11.5 Å². The number of ether oxygens (including phenoxy) is 2. The van der Waals surface area contributed by atoms with Crippen molar-refractivity contribution in [3.05, 3.63) is 84.4 Å². The van der Waals surface area contributed by atoms with Crippen LogP contribution in [0.2, 0.25) is 0 Å². The lowest BCUT2D eigenvalue weighted by atomic mass is 10.0. The molecule has 0 spiro atoms. The summed E-state index contributed by atoms with van der Waals surface area (Å²) in [6.45, 7) is 3.01. The monoisotopic (exact) mass is 484 g/mol. The lowest BCUT2D eigenvalue weighted by molar-refractivity contribution is -0.119. The molecule has 1 aliphatic rings. The van der Waals surface area contributed by atoms with Gasteiger partial charge in [-0.1, -0.05) is 78.5 Å². The third-order valence-electron chi connectivity index (χ3n) is 5.54. The summed E-state index contributed by atoms with van der Waals surface area (Å²) in [5.74, 6) is 1.49. The Bertz CT molecular complexity index is 1320. The number of aromatic nitrogens is 3. The van der Waals surface area contributed by atoms with Gasteiger partial charge < -0.3 is 14.8 Å². The molecule has 1 aliphatic heterocycles. The zero-order valence-corrected chi connectivity index (χ0v) is 20.0. The van der Waals surface area contributed by atoms with Crippen LogP contribution < -0.4 is 14.8 Å². The normalized spacial score (nSPS) is 13.2. The fraction of sp³-hybridized carbons (Fsp3) is 0.185. The maximum atomic E-state index is 12.7. The third kappa shape index (κ3) is 5.44. The molecule has 4 aromatic rings. The molecule has 2 heterocycles. The summed E-state index contributed by atoms with van der Waals surface area (Å²) in [5, 5.41) is 12.2. The van der Waals surface area contributed by atoms with E-state index in [0.717, 1.165) is 28.1 Å². The van der Waals surface area contributed by atoms with Gasteiger partial charge in [0.25, 0.3) is 0 Å². The number of rotatable bonds is 7. The van der Waals surface area contributed by atoms with E-state index >= 15 is 0 Å². The number of fused-ring (bicyclic) bond motifs is 1. The van der Waals surface area contributed by atoms with E-state index in [1.807, 2.05) is 85.8 Å². The van der Waals surface area contributed by atoms with E-state index in [9.17, 15) is 4.79 Å². The number of carbonyl (C=O) groups is 1. The Labute approximate surface area is 207 Å². The number of thioether (sulfide) groups is 1. The Morgan fingerprint density at radius 2 is 1.54 bits per heavy atom. The molecule has 1 aromatic heterocycles. The molecule has 0 saturated heterocycles. The zero-order valence-electron chi connectivity index (χ0n) is 19.2. The zero-order chi connectivity index (χ0) is 24.0. The number of hydrogen-bond donors (Lipinski definition) is 1. The van der Waals surface area contributed by atoms with Crippen LogP contribution in [-0.2, 0) is 4.79 Å². The molecule has 176 valence electrons. The van der Waals surface area contributed by atoms with Gasteiger partial charge in [-0.3, -0.25) is 4.79 Å². The quantitative estimate of drug-likeness (QED) is 0.372. The summed E-state index contributed by atoms with van der Waals surface area (Å²) >= 11 is 1.26. The molecular weight excluding hydrogens is 460 g/mol. The highest BCUT2D eigenvalue weighted by molar-refractivity contribution is 7.99. The SMILES string of the molecule is CC(NC(=O)CSc1nnc(-c2ccccc2)c(-c2ccccc2)n1)c1ccc2c(c1)OCCO2. The first-order valence-corrected chi connectivity index (χ1v) is 12.3. The molecule has 0 bridgehead atoms. The van der Waals surface area contributed by atoms with Crippen LogP contribution in [0.1, 0.15) is 18.5 Å². The molecule has 1 atom stereocenters. The largest absolute Gasteiger partial charge is 0.486 e. The molecule has 0 fully saturated rings. The molecule has 0 aliphatic carbocycles. The van der Waals surface area contributed by atoms with Crippen LogP contribution in [0.15, 0.2) is 84.0 Å². The van der Waals surface area contributed by atoms with Crippen LogP contribution >= 0.6 is 11.8 Å². The number of benzene rings is 3. The second-order valence-electron chi connectivity index (χ2n) is 8.00. The highest BCUT2D eigenvalue weighted by Gasteiger charge is 2.17. The second-order valence-corrected chi connectivity index (χ2v) is 8.95. The number of hydrogen-bond acceptors (Lipinski definition) is 7. The molecule has 3 aromatic carbocycles. The number of nitrogens with zero attached hydrogens (tertiary/aromatic N) is 3. The van der Waals surface area contributed by atoms with Gasteiger partial charge >= 0.3 is 0 Å². The van der Waals surface area contributed by atoms with Crippen molar-refractivity contribution >= 4 is 17.7 Å². The predicted octanol–water partition coefficient (Wildman–Crippen LogP) is 4.95. The average molecular weight is 485 g/mol. The van der Waals surface area contributed by atoms with Crippen molar-refractivity contribution in [3.63, 3.8) is 0 Å². The fourth-order valence-electron chi connectivity index (χ4n) is 3.79. The molecule has 7 nitrogen and oxygen atoms in total. The van der Waals surface area contributed by atoms with Crippen molar-refractivity contribution in [2.45, 2.75) is 18.1 Å². The maximum Gasteiger partial charge on any atom is 0.230 e. The van der Waals surface area contributed by atoms with E-state index in [2.05, 4.69) is 15.5 Å². The molecule has 1 unspecified atom stereocenters. The van der Waals surface area contributed by atoms with Gasteiger partial charge in [0.05, 0.1) is 11.8 Å². The molecule has 1 N–H and O–H groups in total. The first kappa shape index (κ1) is 22.9. The van der Waals surface area contributed by atoms with Crippen molar-refractivity contribution in [1.82, 2.24) is 20.5 Å². The molecule has 5 rings (SSSR count). The maximum absolute atomic E-state index is 12.7. The Morgan fingerprint density at radius 1 is 0.886 bits per heavy atom. The van der Waals surface area contributed by atoms with E-state index in [1.54, 1.807) is 0 Å². The summed E-state index contributed by atoms with van der Waals surface area (Å²) in [4.78, 5) is 17.4. The lowest BCUT2D eigenvalue weighted by Gasteiger charge is -2.21. The van der Waals surface area contributed by atoms with Gasteiger partial charge in [0.1, 0.15) is 24.6 Å². The molecule has 8 heteroatoms. The van der Waals surface area contributed by atoms with Crippen LogP contribution in [-0.4, -0.2) is 40.1 Å². The Morgan fingerprint density at radius 3 is 2.26 bits per heavy atom. The highest BCUT2D eigenvalue weighted by atomic mass is 32.2. The van der Waals surface area contributed by atoms with Crippen molar-refractivity contribution in [2.75, 3.05) is 19.0 Å². The van der Waals surface area contributed by atoms with Crippen LogP contribution in [0.25, 0.3) is 22.5 Å². The minimum atomic E-state index is -0.182. The van der Waals surface area contributed by atoms with Crippen molar-refractivity contribution in [2.24, 2.45) is 0 Å². The smallest absolute Gasteiger partial charge is 0.230 e. The molecule has 0 radical (unpaired) electrons. The third-order valence-corrected chi connectivity index (χ3v) is 6.38. The van der Waals surface area contributed by atoms with Crippen molar-refractivity contribution < 1.29 is 14.3 Å². The van der Waals surface area contributed by atoms with Crippen LogP contribution in [0, 0.1) is 0 Å². The molecule has 0 saturated carbocycles. The van der Waals surface area contributed by atoms with Gasteiger partial charge in [-0.25, -0.2) is 4.98 Å². The molecular formula is C27H24N4O3S. The van der Waals surface area contributed by atoms with Gasteiger partial charge in [-0.15, -0.1) is 10.2 Å². The molecule has 35 heavy (non-hydrogen) atoms. The van der Waals surface area contributed by atoms with Crippen molar-refractivity contribution in [3.8, 4) is 34.0 Å². The van der Waals surface area contributed by atoms with Gasteiger partial charge in [0.15, 0.2) is 11.5 Å². The van der Waals surface area contributed by atoms with E-state index < -0.39 is 0 Å². The van der Waals surface area contributed by atoms with E-state index in [1.165, 1.54) is 11.8 Å². The molecule has 1 amide bonds. The number of nitrogens with one attached hydrogen (secondary N) is 1. The first-order chi connectivity index (χ1) is 17.2. The van der Waals surface area contributed by atoms with Gasteiger partial charge in [0.2, 0.25) is 11.1 Å². The van der Waals surface area contributed by atoms with Crippen LogP contribution in [0.4, 0.5) is 0 Å². The standard InChI is InChI=1S/C27H24N4O3S/c1-18(21-12-13-22-23(16-21)34-15-14-33-22)28-24(32)17-35-27-29-25(19-8-4-2-5-9-19)26(30-31-27)20-10-6-3-7-11-20/h2-13,16,18H,14-15,17H2,1H3,(H,28,32). The van der Waals surface area contributed by atoms with E-state index in [4.69, 9.17) is 14.5 Å². The number of carbonyl (C=O) groups excluding carboxylic acids is 1. The average Bonchev–Trinajstić information content (AvgIpc) is 2.92. The van der Waals surface area contributed by atoms with Crippen molar-refractivity contribution in [1.29, 1.82) is 0 Å². The summed E-state index contributed by atoms with van der Waals surface area (Å²) in [7, 11) is 0.